The van der Waals surface area contributed by atoms with Crippen LogP contribution in [0.4, 0.5) is 5.69 Å². The van der Waals surface area contributed by atoms with Crippen molar-refractivity contribution < 1.29 is 14.4 Å². The van der Waals surface area contributed by atoms with Gasteiger partial charge in [0.25, 0.3) is 5.91 Å². The van der Waals surface area contributed by atoms with Gasteiger partial charge in [0.15, 0.2) is 5.82 Å². The summed E-state index contributed by atoms with van der Waals surface area (Å²) in [6.45, 7) is 0.209. The standard InChI is InChI=1S/C26H23N5O3S/c1-30(2)26(34)20-8-4-9-21(15-20)31(23(33)16-22(32)24-27-10-5-11-28-24)17-18-6-3-7-19(14-18)25-29-12-13-35-25/h3-15H,16-17H2,1-2H3. The molecule has 0 atom stereocenters. The summed E-state index contributed by atoms with van der Waals surface area (Å²) in [6.07, 6.45) is 4.26. The van der Waals surface area contributed by atoms with E-state index in [4.69, 9.17) is 0 Å². The third-order valence-corrected chi connectivity index (χ3v) is 6.01. The average Bonchev–Trinajstić information content (AvgIpc) is 3.42. The number of carbonyl (C=O) groups excluding carboxylic acids is 3. The van der Waals surface area contributed by atoms with Crippen LogP contribution in [-0.4, -0.2) is 51.5 Å². The quantitative estimate of drug-likeness (QED) is 0.275. The van der Waals surface area contributed by atoms with Gasteiger partial charge >= 0.3 is 0 Å². The zero-order valence-corrected chi connectivity index (χ0v) is 20.1. The summed E-state index contributed by atoms with van der Waals surface area (Å²) in [5, 5.41) is 2.78. The van der Waals surface area contributed by atoms with Gasteiger partial charge in [-0.15, -0.1) is 11.3 Å². The van der Waals surface area contributed by atoms with Gasteiger partial charge in [-0.2, -0.15) is 0 Å². The van der Waals surface area contributed by atoms with E-state index in [1.54, 1.807) is 50.6 Å². The minimum atomic E-state index is -0.474. The van der Waals surface area contributed by atoms with Crippen molar-refractivity contribution >= 4 is 34.6 Å². The molecule has 0 bridgehead atoms. The maximum absolute atomic E-state index is 13.4. The maximum Gasteiger partial charge on any atom is 0.253 e. The van der Waals surface area contributed by atoms with E-state index < -0.39 is 18.1 Å². The number of nitrogens with zero attached hydrogens (tertiary/aromatic N) is 5. The van der Waals surface area contributed by atoms with Gasteiger partial charge in [-0.3, -0.25) is 14.4 Å². The summed E-state index contributed by atoms with van der Waals surface area (Å²) in [4.78, 5) is 53.9. The Hall–Kier alpha value is -4.24. The lowest BCUT2D eigenvalue weighted by molar-refractivity contribution is -0.117. The number of benzene rings is 2. The summed E-state index contributed by atoms with van der Waals surface area (Å²) in [6, 6.07) is 16.2. The number of thiazole rings is 1. The molecule has 4 aromatic rings. The van der Waals surface area contributed by atoms with Crippen molar-refractivity contribution in [1.82, 2.24) is 19.9 Å². The van der Waals surface area contributed by atoms with E-state index in [9.17, 15) is 14.4 Å². The molecule has 0 saturated heterocycles. The van der Waals surface area contributed by atoms with Gasteiger partial charge in [0.1, 0.15) is 5.01 Å². The Balaban J connectivity index is 1.66. The number of hydrogen-bond acceptors (Lipinski definition) is 7. The lowest BCUT2D eigenvalue weighted by Gasteiger charge is -2.24. The van der Waals surface area contributed by atoms with Crippen molar-refractivity contribution in [2.75, 3.05) is 19.0 Å². The first kappa shape index (κ1) is 23.9. The number of anilines is 1. The molecule has 0 aliphatic carbocycles. The molecule has 2 aromatic heterocycles. The Morgan fingerprint density at radius 1 is 0.886 bits per heavy atom. The van der Waals surface area contributed by atoms with Crippen LogP contribution in [0.2, 0.25) is 0 Å². The van der Waals surface area contributed by atoms with E-state index >= 15 is 0 Å². The Kier molecular flexibility index (Phi) is 7.37. The zero-order valence-electron chi connectivity index (χ0n) is 19.3. The van der Waals surface area contributed by atoms with Gasteiger partial charge in [0.05, 0.1) is 13.0 Å². The fourth-order valence-electron chi connectivity index (χ4n) is 3.49. The van der Waals surface area contributed by atoms with Crippen molar-refractivity contribution in [2.24, 2.45) is 0 Å². The number of rotatable bonds is 8. The van der Waals surface area contributed by atoms with E-state index in [-0.39, 0.29) is 18.3 Å². The summed E-state index contributed by atoms with van der Waals surface area (Å²) in [5.74, 6) is -1.09. The lowest BCUT2D eigenvalue weighted by Crippen LogP contribution is -2.32. The predicted octanol–water partition coefficient (Wildman–Crippen LogP) is 4.11. The third-order valence-electron chi connectivity index (χ3n) is 5.19. The van der Waals surface area contributed by atoms with Crippen LogP contribution in [-0.2, 0) is 11.3 Å². The monoisotopic (exact) mass is 485 g/mol. The molecule has 0 radical (unpaired) electrons. The molecular weight excluding hydrogens is 462 g/mol. The molecule has 0 spiro atoms. The predicted molar refractivity (Wildman–Crippen MR) is 134 cm³/mol. The van der Waals surface area contributed by atoms with Crippen molar-refractivity contribution in [3.8, 4) is 10.6 Å². The molecule has 2 heterocycles. The number of hydrogen-bond donors (Lipinski definition) is 0. The van der Waals surface area contributed by atoms with Gasteiger partial charge in [-0.1, -0.05) is 24.3 Å². The maximum atomic E-state index is 13.4. The minimum absolute atomic E-state index is 0.0110. The lowest BCUT2D eigenvalue weighted by atomic mass is 10.1. The molecule has 9 heteroatoms. The fourth-order valence-corrected chi connectivity index (χ4v) is 4.13. The Morgan fingerprint density at radius 3 is 2.37 bits per heavy atom. The number of aromatic nitrogens is 3. The molecular formula is C26H23N5O3S. The minimum Gasteiger partial charge on any atom is -0.345 e. The summed E-state index contributed by atoms with van der Waals surface area (Å²) in [7, 11) is 3.33. The van der Waals surface area contributed by atoms with Gasteiger partial charge in [-0.25, -0.2) is 15.0 Å². The molecule has 0 aliphatic rings. The Bertz CT molecular complexity index is 1340. The van der Waals surface area contributed by atoms with Gasteiger partial charge in [0, 0.05) is 54.9 Å². The average molecular weight is 486 g/mol. The third kappa shape index (κ3) is 5.82. The van der Waals surface area contributed by atoms with Crippen LogP contribution < -0.4 is 4.90 Å². The molecule has 0 saturated carbocycles. The normalized spacial score (nSPS) is 10.6. The van der Waals surface area contributed by atoms with Gasteiger partial charge < -0.3 is 9.80 Å². The molecule has 0 fully saturated rings. The molecule has 176 valence electrons. The Morgan fingerprint density at radius 2 is 1.66 bits per heavy atom. The second-order valence-corrected chi connectivity index (χ2v) is 8.83. The first-order chi connectivity index (χ1) is 16.9. The van der Waals surface area contributed by atoms with Crippen LogP contribution in [0.1, 0.15) is 33.0 Å². The highest BCUT2D eigenvalue weighted by molar-refractivity contribution is 7.13. The van der Waals surface area contributed by atoms with Crippen molar-refractivity contribution in [1.29, 1.82) is 0 Å². The first-order valence-electron chi connectivity index (χ1n) is 10.8. The number of ketones is 1. The van der Waals surface area contributed by atoms with E-state index in [1.165, 1.54) is 33.5 Å². The number of Topliss-reactive ketones (excluding diaryl/α,β-unsaturated/α-hetero) is 1. The summed E-state index contributed by atoms with van der Waals surface area (Å²) >= 11 is 1.53. The largest absolute Gasteiger partial charge is 0.345 e. The van der Waals surface area contributed by atoms with Crippen molar-refractivity contribution in [3.05, 3.63) is 95.5 Å². The SMILES string of the molecule is CN(C)C(=O)c1cccc(N(Cc2cccc(-c3nccs3)c2)C(=O)CC(=O)c2ncccn2)c1. The van der Waals surface area contributed by atoms with Crippen LogP contribution in [0.15, 0.2) is 78.6 Å². The molecule has 0 unspecified atom stereocenters. The van der Waals surface area contributed by atoms with Crippen molar-refractivity contribution in [2.45, 2.75) is 13.0 Å². The Labute approximate surface area is 206 Å². The molecule has 4 rings (SSSR count). The van der Waals surface area contributed by atoms with Gasteiger partial charge in [0.2, 0.25) is 11.7 Å². The van der Waals surface area contributed by atoms with Crippen molar-refractivity contribution in [3.63, 3.8) is 0 Å². The molecule has 2 aromatic carbocycles. The second-order valence-electron chi connectivity index (χ2n) is 7.94. The highest BCUT2D eigenvalue weighted by atomic mass is 32.1. The molecule has 2 amide bonds. The molecule has 35 heavy (non-hydrogen) atoms. The van der Waals surface area contributed by atoms with E-state index in [0.717, 1.165) is 16.1 Å². The molecule has 8 nitrogen and oxygen atoms in total. The first-order valence-corrected chi connectivity index (χ1v) is 11.7. The number of amides is 2. The summed E-state index contributed by atoms with van der Waals surface area (Å²) in [5.41, 5.74) is 2.76. The zero-order chi connectivity index (χ0) is 24.8. The topological polar surface area (TPSA) is 96.4 Å². The molecule has 0 aliphatic heterocycles. The van der Waals surface area contributed by atoms with E-state index in [0.29, 0.717) is 11.3 Å². The van der Waals surface area contributed by atoms with Gasteiger partial charge in [-0.05, 0) is 35.9 Å². The highest BCUT2D eigenvalue weighted by Gasteiger charge is 2.23. The van der Waals surface area contributed by atoms with E-state index in [2.05, 4.69) is 15.0 Å². The van der Waals surface area contributed by atoms with Crippen LogP contribution in [0.5, 0.6) is 0 Å². The van der Waals surface area contributed by atoms with Crippen LogP contribution in [0.3, 0.4) is 0 Å². The fraction of sp³-hybridized carbons (Fsp3) is 0.154. The van der Waals surface area contributed by atoms with Crippen LogP contribution >= 0.6 is 11.3 Å². The summed E-state index contributed by atoms with van der Waals surface area (Å²) < 4.78 is 0. The smallest absolute Gasteiger partial charge is 0.253 e. The second kappa shape index (κ2) is 10.8. The number of carbonyl (C=O) groups is 3. The van der Waals surface area contributed by atoms with E-state index in [1.807, 2.05) is 29.6 Å². The molecule has 0 N–H and O–H groups in total. The van der Waals surface area contributed by atoms with Crippen LogP contribution in [0, 0.1) is 0 Å². The highest BCUT2D eigenvalue weighted by Crippen LogP contribution is 2.25. The van der Waals surface area contributed by atoms with Crippen LogP contribution in [0.25, 0.3) is 10.6 Å².